The van der Waals surface area contributed by atoms with Crippen LogP contribution in [0.2, 0.25) is 0 Å². The highest BCUT2D eigenvalue weighted by Gasteiger charge is 2.32. The number of hydrogen-bond acceptors (Lipinski definition) is 5. The minimum absolute atomic E-state index is 0. The first kappa shape index (κ1) is 21.0. The highest BCUT2D eigenvalue weighted by molar-refractivity contribution is 7.89. The van der Waals surface area contributed by atoms with E-state index in [2.05, 4.69) is 10.6 Å². The van der Waals surface area contributed by atoms with Crippen LogP contribution in [0.1, 0.15) is 12.8 Å². The molecule has 7 nitrogen and oxygen atoms in total. The largest absolute Gasteiger partial charge is 0.497 e. The SMILES string of the molecule is COc1ccc(S(=O)(=O)N2CCC(C(=O)NCC3CNC3)CC2)cc1.Cl. The molecule has 2 aliphatic heterocycles. The zero-order valence-electron chi connectivity index (χ0n) is 14.8. The zero-order chi connectivity index (χ0) is 17.9. The second-order valence-corrected chi connectivity index (χ2v) is 8.56. The van der Waals surface area contributed by atoms with Crippen molar-refractivity contribution >= 4 is 28.3 Å². The summed E-state index contributed by atoms with van der Waals surface area (Å²) in [5.74, 6) is 1.10. The number of carbonyl (C=O) groups excluding carboxylic acids is 1. The van der Waals surface area contributed by atoms with Crippen LogP contribution in [0.15, 0.2) is 29.2 Å². The van der Waals surface area contributed by atoms with E-state index in [1.165, 1.54) is 4.31 Å². The summed E-state index contributed by atoms with van der Waals surface area (Å²) in [6.45, 7) is 3.36. The van der Waals surface area contributed by atoms with Crippen LogP contribution in [0.4, 0.5) is 0 Å². The smallest absolute Gasteiger partial charge is 0.243 e. The van der Waals surface area contributed by atoms with Crippen molar-refractivity contribution in [3.05, 3.63) is 24.3 Å². The summed E-state index contributed by atoms with van der Waals surface area (Å²) in [5.41, 5.74) is 0. The Bertz CT molecular complexity index is 699. The van der Waals surface area contributed by atoms with E-state index in [4.69, 9.17) is 4.74 Å². The van der Waals surface area contributed by atoms with Gasteiger partial charge in [-0.2, -0.15) is 4.31 Å². The first-order valence-electron chi connectivity index (χ1n) is 8.63. The number of sulfonamides is 1. The minimum atomic E-state index is -3.52. The molecular formula is C17H26ClN3O4S. The van der Waals surface area contributed by atoms with Crippen LogP contribution in [-0.4, -0.2) is 58.5 Å². The van der Waals surface area contributed by atoms with Crippen LogP contribution in [0.5, 0.6) is 5.75 Å². The molecule has 146 valence electrons. The molecule has 3 rings (SSSR count). The van der Waals surface area contributed by atoms with Gasteiger partial charge in [0.15, 0.2) is 0 Å². The van der Waals surface area contributed by atoms with Crippen molar-refractivity contribution in [1.29, 1.82) is 0 Å². The molecule has 0 atom stereocenters. The van der Waals surface area contributed by atoms with Crippen molar-refractivity contribution < 1.29 is 17.9 Å². The second-order valence-electron chi connectivity index (χ2n) is 6.62. The Morgan fingerprint density at radius 1 is 1.23 bits per heavy atom. The number of nitrogens with zero attached hydrogens (tertiary/aromatic N) is 1. The molecule has 2 N–H and O–H groups in total. The Morgan fingerprint density at radius 3 is 2.35 bits per heavy atom. The third kappa shape index (κ3) is 4.68. The number of rotatable bonds is 6. The molecule has 1 aromatic carbocycles. The summed E-state index contributed by atoms with van der Waals surface area (Å²) in [6, 6.07) is 6.39. The molecule has 0 bridgehead atoms. The molecule has 2 saturated heterocycles. The van der Waals surface area contributed by atoms with E-state index >= 15 is 0 Å². The quantitative estimate of drug-likeness (QED) is 0.735. The Morgan fingerprint density at radius 2 is 1.85 bits per heavy atom. The number of amides is 1. The molecule has 1 aromatic rings. The molecule has 2 fully saturated rings. The topological polar surface area (TPSA) is 87.7 Å². The molecule has 1 amide bonds. The average Bonchev–Trinajstić information content (AvgIpc) is 2.60. The van der Waals surface area contributed by atoms with Gasteiger partial charge in [0.2, 0.25) is 15.9 Å². The molecule has 0 saturated carbocycles. The Labute approximate surface area is 160 Å². The van der Waals surface area contributed by atoms with Crippen molar-refractivity contribution in [3.8, 4) is 5.75 Å². The van der Waals surface area contributed by atoms with Gasteiger partial charge in [0.1, 0.15) is 5.75 Å². The summed E-state index contributed by atoms with van der Waals surface area (Å²) >= 11 is 0. The van der Waals surface area contributed by atoms with Crippen molar-refractivity contribution in [2.24, 2.45) is 11.8 Å². The van der Waals surface area contributed by atoms with Crippen LogP contribution < -0.4 is 15.4 Å². The lowest BCUT2D eigenvalue weighted by Crippen LogP contribution is -2.50. The minimum Gasteiger partial charge on any atom is -0.497 e. The number of benzene rings is 1. The number of piperidine rings is 1. The fourth-order valence-corrected chi connectivity index (χ4v) is 4.61. The average molecular weight is 404 g/mol. The van der Waals surface area contributed by atoms with Crippen molar-refractivity contribution in [3.63, 3.8) is 0 Å². The first-order valence-corrected chi connectivity index (χ1v) is 10.1. The molecule has 0 unspecified atom stereocenters. The summed E-state index contributed by atoms with van der Waals surface area (Å²) in [6.07, 6.45) is 1.12. The summed E-state index contributed by atoms with van der Waals surface area (Å²) in [7, 11) is -1.98. The summed E-state index contributed by atoms with van der Waals surface area (Å²) < 4.78 is 31.9. The predicted molar refractivity (Wildman–Crippen MR) is 101 cm³/mol. The lowest BCUT2D eigenvalue weighted by atomic mass is 9.96. The van der Waals surface area contributed by atoms with E-state index in [0.29, 0.717) is 44.1 Å². The van der Waals surface area contributed by atoms with Crippen molar-refractivity contribution in [2.45, 2.75) is 17.7 Å². The maximum Gasteiger partial charge on any atom is 0.243 e. The highest BCUT2D eigenvalue weighted by atomic mass is 35.5. The molecule has 26 heavy (non-hydrogen) atoms. The molecule has 2 aliphatic rings. The van der Waals surface area contributed by atoms with Gasteiger partial charge >= 0.3 is 0 Å². The van der Waals surface area contributed by atoms with E-state index in [1.807, 2.05) is 0 Å². The van der Waals surface area contributed by atoms with E-state index in [9.17, 15) is 13.2 Å². The Balaban J connectivity index is 0.00000243. The van der Waals surface area contributed by atoms with Gasteiger partial charge in [-0.25, -0.2) is 8.42 Å². The third-order valence-electron chi connectivity index (χ3n) is 4.95. The maximum atomic E-state index is 12.7. The maximum absolute atomic E-state index is 12.7. The molecule has 0 aromatic heterocycles. The number of nitrogens with one attached hydrogen (secondary N) is 2. The molecule has 9 heteroatoms. The number of methoxy groups -OCH3 is 1. The highest BCUT2D eigenvalue weighted by Crippen LogP contribution is 2.25. The van der Waals surface area contributed by atoms with Crippen molar-refractivity contribution in [1.82, 2.24) is 14.9 Å². The van der Waals surface area contributed by atoms with Crippen molar-refractivity contribution in [2.75, 3.05) is 39.8 Å². The number of hydrogen-bond donors (Lipinski definition) is 2. The third-order valence-corrected chi connectivity index (χ3v) is 6.87. The molecular weight excluding hydrogens is 378 g/mol. The van der Waals surface area contributed by atoms with Crippen LogP contribution in [0.25, 0.3) is 0 Å². The van der Waals surface area contributed by atoms with Gasteiger partial charge in [-0.05, 0) is 37.1 Å². The van der Waals surface area contributed by atoms with Gasteiger partial charge in [-0.1, -0.05) is 0 Å². The fraction of sp³-hybridized carbons (Fsp3) is 0.588. The fourth-order valence-electron chi connectivity index (χ4n) is 3.14. The zero-order valence-corrected chi connectivity index (χ0v) is 16.4. The lowest BCUT2D eigenvalue weighted by molar-refractivity contribution is -0.126. The van der Waals surface area contributed by atoms with Gasteiger partial charge in [0, 0.05) is 44.6 Å². The van der Waals surface area contributed by atoms with E-state index in [-0.39, 0.29) is 29.1 Å². The molecule has 0 radical (unpaired) electrons. The monoisotopic (exact) mass is 403 g/mol. The standard InChI is InChI=1S/C17H25N3O4S.ClH/c1-24-15-2-4-16(5-3-15)25(22,23)20-8-6-14(7-9-20)17(21)19-12-13-10-18-11-13;/h2-5,13-14,18H,6-12H2,1H3,(H,19,21);1H. The number of carbonyl (C=O) groups is 1. The first-order chi connectivity index (χ1) is 12.0. The Kier molecular flexibility index (Phi) is 7.28. The van der Waals surface area contributed by atoms with Crippen LogP contribution in [0.3, 0.4) is 0 Å². The number of ether oxygens (including phenoxy) is 1. The van der Waals surface area contributed by atoms with Gasteiger partial charge in [-0.15, -0.1) is 12.4 Å². The lowest BCUT2D eigenvalue weighted by Gasteiger charge is -2.32. The van der Waals surface area contributed by atoms with E-state index in [0.717, 1.165) is 13.1 Å². The normalized spacial score (nSPS) is 19.3. The van der Waals surface area contributed by atoms with Crippen LogP contribution >= 0.6 is 12.4 Å². The Hall–Kier alpha value is -1.35. The summed E-state index contributed by atoms with van der Waals surface area (Å²) in [5, 5.41) is 6.17. The molecule has 0 aliphatic carbocycles. The summed E-state index contributed by atoms with van der Waals surface area (Å²) in [4.78, 5) is 12.5. The van der Waals surface area contributed by atoms with E-state index in [1.54, 1.807) is 31.4 Å². The number of halogens is 1. The van der Waals surface area contributed by atoms with E-state index < -0.39 is 10.0 Å². The van der Waals surface area contributed by atoms with Crippen LogP contribution in [-0.2, 0) is 14.8 Å². The van der Waals surface area contributed by atoms with Gasteiger partial charge in [0.25, 0.3) is 0 Å². The van der Waals surface area contributed by atoms with Crippen LogP contribution in [0, 0.1) is 11.8 Å². The molecule has 0 spiro atoms. The second kappa shape index (κ2) is 9.03. The predicted octanol–water partition coefficient (Wildman–Crippen LogP) is 0.853. The van der Waals surface area contributed by atoms with Gasteiger partial charge < -0.3 is 15.4 Å². The van der Waals surface area contributed by atoms with Gasteiger partial charge in [-0.3, -0.25) is 4.79 Å². The molecule has 2 heterocycles. The van der Waals surface area contributed by atoms with Gasteiger partial charge in [0.05, 0.1) is 12.0 Å².